The van der Waals surface area contributed by atoms with Crippen molar-refractivity contribution >= 4 is 26.3 Å². The predicted octanol–water partition coefficient (Wildman–Crippen LogP) is 2.67. The van der Waals surface area contributed by atoms with Gasteiger partial charge in [0, 0.05) is 30.3 Å². The minimum atomic E-state index is -1.50. The molecule has 0 radical (unpaired) electrons. The summed E-state index contributed by atoms with van der Waals surface area (Å²) in [7, 11) is -1.50. The molecule has 1 saturated heterocycles. The Hall–Kier alpha value is -1.91. The van der Waals surface area contributed by atoms with Gasteiger partial charge < -0.3 is 24.7 Å². The fourth-order valence-corrected chi connectivity index (χ4v) is 5.20. The first-order chi connectivity index (χ1) is 14.9. The summed E-state index contributed by atoms with van der Waals surface area (Å²) >= 11 is 0. The van der Waals surface area contributed by atoms with Crippen molar-refractivity contribution in [2.45, 2.75) is 77.9 Å². The van der Waals surface area contributed by atoms with Crippen LogP contribution in [0.25, 0.3) is 5.65 Å². The second-order valence-electron chi connectivity index (χ2n) is 7.88. The Bertz CT molecular complexity index is 870. The van der Waals surface area contributed by atoms with Gasteiger partial charge >= 0.3 is 8.53 Å². The van der Waals surface area contributed by atoms with E-state index in [-0.39, 0.29) is 36.8 Å². The summed E-state index contributed by atoms with van der Waals surface area (Å²) in [5, 5.41) is 18.3. The van der Waals surface area contributed by atoms with Crippen molar-refractivity contribution in [2.24, 2.45) is 5.16 Å². The third-order valence-corrected chi connectivity index (χ3v) is 6.92. The molecule has 0 aromatic carbocycles. The van der Waals surface area contributed by atoms with Gasteiger partial charge in [-0.2, -0.15) is 9.61 Å². The fraction of sp³-hybridized carbons (Fsp3) is 0.684. The molecule has 0 spiro atoms. The average molecular weight is 453 g/mol. The van der Waals surface area contributed by atoms with Gasteiger partial charge in [0.15, 0.2) is 5.65 Å². The Morgan fingerprint density at radius 2 is 2.13 bits per heavy atom. The zero-order valence-electron chi connectivity index (χ0n) is 18.6. The molecule has 4 unspecified atom stereocenters. The zero-order valence-corrected chi connectivity index (χ0v) is 19.5. The van der Waals surface area contributed by atoms with Crippen LogP contribution in [0.15, 0.2) is 17.7 Å². The Morgan fingerprint density at radius 3 is 2.77 bits per heavy atom. The lowest BCUT2D eigenvalue weighted by atomic mass is 10.1. The lowest BCUT2D eigenvalue weighted by Crippen LogP contribution is -2.36. The number of aliphatic hydroxyl groups is 1. The van der Waals surface area contributed by atoms with Crippen LogP contribution in [0, 0.1) is 0 Å². The summed E-state index contributed by atoms with van der Waals surface area (Å²) in [6.07, 6.45) is 4.80. The van der Waals surface area contributed by atoms with Crippen LogP contribution in [-0.4, -0.2) is 66.5 Å². The Balaban J connectivity index is 1.82. The van der Waals surface area contributed by atoms with Gasteiger partial charge in [0.05, 0.1) is 25.0 Å². The molecule has 3 rings (SSSR count). The highest BCUT2D eigenvalue weighted by atomic mass is 31.2. The van der Waals surface area contributed by atoms with E-state index in [9.17, 15) is 5.11 Å². The number of oxime groups is 1. The van der Waals surface area contributed by atoms with E-state index >= 15 is 0 Å². The van der Waals surface area contributed by atoms with E-state index in [2.05, 4.69) is 52.6 Å². The summed E-state index contributed by atoms with van der Waals surface area (Å²) in [5.41, 5.74) is 7.22. The number of hydrogen-bond donors (Lipinski definition) is 2. The standard InChI is InChI=1S/C19H32N7O4P/c1-6-7-24-30-31(26(12(2)3)13(4)5)29-16-8-15(28-17(16)10-27)14-9-23-25-18(14)21-11-22-19(25)20/h7,9,11-13,15-17,27H,6,8,10H2,1-5H3,(H2,20,21,22)/b24-7+. The number of ether oxygens (including phenoxy) is 1. The number of hydrogen-bond acceptors (Lipinski definition) is 10. The lowest BCUT2D eigenvalue weighted by molar-refractivity contribution is -0.0197. The normalized spacial score (nSPS) is 23.1. The molecule has 31 heavy (non-hydrogen) atoms. The van der Waals surface area contributed by atoms with Crippen LogP contribution in [0.2, 0.25) is 0 Å². The van der Waals surface area contributed by atoms with E-state index < -0.39 is 14.6 Å². The van der Waals surface area contributed by atoms with Crippen molar-refractivity contribution in [1.29, 1.82) is 0 Å². The Kier molecular flexibility index (Phi) is 8.12. The Labute approximate surface area is 183 Å². The highest BCUT2D eigenvalue weighted by Crippen LogP contribution is 2.50. The molecule has 1 aliphatic heterocycles. The fourth-order valence-electron chi connectivity index (χ4n) is 3.62. The highest BCUT2D eigenvalue weighted by Gasteiger charge is 2.42. The molecule has 0 saturated carbocycles. The van der Waals surface area contributed by atoms with E-state index in [1.165, 1.54) is 10.8 Å². The number of nitrogens with zero attached hydrogens (tertiary/aromatic N) is 6. The van der Waals surface area contributed by atoms with E-state index in [0.29, 0.717) is 12.1 Å². The SMILES string of the molecule is CC/C=N/OP(OC1CC(c2cnn3c(N)ncnc23)OC1CO)N(C(C)C)C(C)C. The number of nitrogen functional groups attached to an aromatic ring is 1. The van der Waals surface area contributed by atoms with Crippen LogP contribution in [0.4, 0.5) is 5.95 Å². The first-order valence-electron chi connectivity index (χ1n) is 10.5. The topological polar surface area (TPSA) is 133 Å². The molecule has 1 aliphatic rings. The number of fused-ring (bicyclic) bond motifs is 1. The van der Waals surface area contributed by atoms with Crippen LogP contribution >= 0.6 is 8.53 Å². The maximum absolute atomic E-state index is 9.94. The quantitative estimate of drug-likeness (QED) is 0.316. The largest absolute Gasteiger partial charge is 0.394 e. The van der Waals surface area contributed by atoms with Crippen LogP contribution in [-0.2, 0) is 13.9 Å². The van der Waals surface area contributed by atoms with Crippen molar-refractivity contribution in [3.63, 3.8) is 0 Å². The van der Waals surface area contributed by atoms with Crippen LogP contribution < -0.4 is 5.73 Å². The summed E-state index contributed by atoms with van der Waals surface area (Å²) in [6, 6.07) is 0.376. The van der Waals surface area contributed by atoms with Gasteiger partial charge in [-0.05, 0) is 34.1 Å². The monoisotopic (exact) mass is 453 g/mol. The first-order valence-corrected chi connectivity index (χ1v) is 11.6. The third kappa shape index (κ3) is 5.30. The molecule has 3 N–H and O–H groups in total. The Morgan fingerprint density at radius 1 is 1.39 bits per heavy atom. The van der Waals surface area contributed by atoms with Crippen molar-refractivity contribution in [3.05, 3.63) is 18.1 Å². The van der Waals surface area contributed by atoms with Crippen molar-refractivity contribution in [3.8, 4) is 0 Å². The molecule has 0 bridgehead atoms. The van der Waals surface area contributed by atoms with Crippen LogP contribution in [0.5, 0.6) is 0 Å². The lowest BCUT2D eigenvalue weighted by Gasteiger charge is -2.35. The molecule has 0 amide bonds. The maximum atomic E-state index is 9.94. The van der Waals surface area contributed by atoms with Crippen LogP contribution in [0.1, 0.15) is 59.1 Å². The molecular formula is C19H32N7O4P. The molecule has 2 aromatic rings. The molecule has 4 atom stereocenters. The summed E-state index contributed by atoms with van der Waals surface area (Å²) in [5.74, 6) is 0.246. The van der Waals surface area contributed by atoms with Crippen molar-refractivity contribution < 1.29 is 19.0 Å². The predicted molar refractivity (Wildman–Crippen MR) is 118 cm³/mol. The van der Waals surface area contributed by atoms with E-state index in [0.717, 1.165) is 12.0 Å². The number of rotatable bonds is 10. The van der Waals surface area contributed by atoms with Gasteiger partial charge in [0.1, 0.15) is 12.4 Å². The van der Waals surface area contributed by atoms with Gasteiger partial charge in [-0.25, -0.2) is 14.6 Å². The summed E-state index contributed by atoms with van der Waals surface area (Å²) in [6.45, 7) is 10.2. The van der Waals surface area contributed by atoms with Crippen molar-refractivity contribution in [1.82, 2.24) is 24.3 Å². The zero-order chi connectivity index (χ0) is 22.5. The van der Waals surface area contributed by atoms with E-state index in [1.54, 1.807) is 12.4 Å². The number of aromatic nitrogens is 4. The molecule has 1 fully saturated rings. The molecule has 12 heteroatoms. The first kappa shape index (κ1) is 23.7. The van der Waals surface area contributed by atoms with E-state index in [4.69, 9.17) is 19.6 Å². The van der Waals surface area contributed by atoms with Gasteiger partial charge in [-0.1, -0.05) is 12.1 Å². The second kappa shape index (κ2) is 10.6. The average Bonchev–Trinajstić information content (AvgIpc) is 3.32. The summed E-state index contributed by atoms with van der Waals surface area (Å²) < 4.78 is 21.9. The number of anilines is 1. The number of aliphatic hydroxyl groups excluding tert-OH is 1. The highest BCUT2D eigenvalue weighted by molar-refractivity contribution is 7.44. The smallest absolute Gasteiger partial charge is 0.347 e. The molecule has 11 nitrogen and oxygen atoms in total. The molecule has 2 aromatic heterocycles. The van der Waals surface area contributed by atoms with E-state index in [1.807, 2.05) is 6.92 Å². The second-order valence-corrected chi connectivity index (χ2v) is 9.19. The van der Waals surface area contributed by atoms with Crippen LogP contribution in [0.3, 0.4) is 0 Å². The van der Waals surface area contributed by atoms with Gasteiger partial charge in [0.25, 0.3) is 0 Å². The molecule has 0 aliphatic carbocycles. The molecular weight excluding hydrogens is 421 g/mol. The minimum absolute atomic E-state index is 0.178. The third-order valence-electron chi connectivity index (χ3n) is 4.93. The van der Waals surface area contributed by atoms with Gasteiger partial charge in [-0.15, -0.1) is 0 Å². The number of nitrogens with two attached hydrogens (primary N) is 1. The molecule has 172 valence electrons. The minimum Gasteiger partial charge on any atom is -0.394 e. The van der Waals surface area contributed by atoms with Gasteiger partial charge in [-0.3, -0.25) is 0 Å². The van der Waals surface area contributed by atoms with Crippen molar-refractivity contribution in [2.75, 3.05) is 12.3 Å². The summed E-state index contributed by atoms with van der Waals surface area (Å²) in [4.78, 5) is 8.24. The molecule has 3 heterocycles. The maximum Gasteiger partial charge on any atom is 0.347 e. The van der Waals surface area contributed by atoms with Gasteiger partial charge in [0.2, 0.25) is 5.95 Å².